The van der Waals surface area contributed by atoms with Crippen molar-refractivity contribution in [3.63, 3.8) is 0 Å². The number of hydrogen-bond donors (Lipinski definition) is 1. The zero-order valence-corrected chi connectivity index (χ0v) is 13.5. The van der Waals surface area contributed by atoms with Gasteiger partial charge in [-0.3, -0.25) is 4.79 Å². The maximum Gasteiger partial charge on any atom is 1.00 e. The van der Waals surface area contributed by atoms with Gasteiger partial charge in [0.1, 0.15) is 0 Å². The maximum absolute atomic E-state index is 12.1. The fourth-order valence-corrected chi connectivity index (χ4v) is 2.08. The second-order valence-electron chi connectivity index (χ2n) is 4.28. The molecule has 0 fully saturated rings. The van der Waals surface area contributed by atoms with Crippen molar-refractivity contribution in [3.8, 4) is 11.3 Å². The van der Waals surface area contributed by atoms with Crippen LogP contribution in [0.15, 0.2) is 59.4 Å². The molecule has 3 aromatic rings. The number of nitrogens with one attached hydrogen (secondary N) is 1. The summed E-state index contributed by atoms with van der Waals surface area (Å²) in [5.74, 6) is 0. The maximum atomic E-state index is 12.1. The van der Waals surface area contributed by atoms with Gasteiger partial charge in [-0.15, -0.1) is 6.07 Å². The van der Waals surface area contributed by atoms with Crippen LogP contribution in [-0.2, 0) is 4.79 Å². The van der Waals surface area contributed by atoms with E-state index >= 15 is 0 Å². The van der Waals surface area contributed by atoms with Gasteiger partial charge in [0, 0.05) is 17.3 Å². The first-order chi connectivity index (χ1) is 9.28. The van der Waals surface area contributed by atoms with Crippen molar-refractivity contribution in [2.75, 3.05) is 0 Å². The molecule has 5 heteroatoms. The molecule has 2 aromatic carbocycles. The molecule has 2 N–H and O–H groups in total. The van der Waals surface area contributed by atoms with Gasteiger partial charge in [-0.05, 0) is 10.9 Å². The Morgan fingerprint density at radius 3 is 2.33 bits per heavy atom. The van der Waals surface area contributed by atoms with Crippen LogP contribution in [0, 0.1) is 0 Å². The Morgan fingerprint density at radius 1 is 0.952 bits per heavy atom. The number of fused-ring (bicyclic) bond motifs is 1. The minimum absolute atomic E-state index is 0. The average molecular weight is 288 g/mol. The molecule has 0 bridgehead atoms. The Bertz CT molecular complexity index is 813. The number of hydrogen-bond acceptors (Lipinski definition) is 3. The molecule has 100 valence electrons. The van der Waals surface area contributed by atoms with Crippen molar-refractivity contribution < 1.29 is 39.8 Å². The molecular formula is C16H11NNaO3-. The average Bonchev–Trinajstić information content (AvgIpc) is 2.48. The third-order valence-electron chi connectivity index (χ3n) is 3.03. The van der Waals surface area contributed by atoms with Crippen LogP contribution in [0.1, 0.15) is 5.56 Å². The van der Waals surface area contributed by atoms with E-state index in [4.69, 9.17) is 0 Å². The summed E-state index contributed by atoms with van der Waals surface area (Å²) in [5, 5.41) is 0.500. The van der Waals surface area contributed by atoms with Crippen LogP contribution in [-0.4, -0.2) is 16.7 Å². The molecule has 0 aliphatic rings. The first-order valence-electron chi connectivity index (χ1n) is 5.88. The van der Waals surface area contributed by atoms with Crippen molar-refractivity contribution in [1.29, 1.82) is 0 Å². The summed E-state index contributed by atoms with van der Waals surface area (Å²) in [4.78, 5) is 25.9. The van der Waals surface area contributed by atoms with Crippen LogP contribution in [0.5, 0.6) is 0 Å². The molecule has 3 rings (SSSR count). The van der Waals surface area contributed by atoms with Crippen molar-refractivity contribution in [2.24, 2.45) is 0 Å². The molecule has 0 atom stereocenters. The summed E-state index contributed by atoms with van der Waals surface area (Å²) >= 11 is 0. The summed E-state index contributed by atoms with van der Waals surface area (Å²) in [5.41, 5.74) is 2.70. The number of aromatic nitrogens is 1. The molecule has 0 saturated heterocycles. The van der Waals surface area contributed by atoms with Gasteiger partial charge in [0.15, 0.2) is 5.43 Å². The molecule has 1 aromatic heterocycles. The number of aromatic amines is 1. The van der Waals surface area contributed by atoms with Crippen LogP contribution >= 0.6 is 0 Å². The van der Waals surface area contributed by atoms with E-state index in [1.54, 1.807) is 30.6 Å². The second-order valence-corrected chi connectivity index (χ2v) is 4.28. The van der Waals surface area contributed by atoms with Gasteiger partial charge in [-0.2, -0.15) is 11.6 Å². The molecule has 0 aliphatic carbocycles. The van der Waals surface area contributed by atoms with Gasteiger partial charge in [-0.1, -0.05) is 36.4 Å². The molecule has 21 heavy (non-hydrogen) atoms. The van der Waals surface area contributed by atoms with Crippen LogP contribution in [0.25, 0.3) is 22.2 Å². The van der Waals surface area contributed by atoms with Gasteiger partial charge in [0.2, 0.25) is 0 Å². The Hall–Kier alpha value is -1.72. The fourth-order valence-electron chi connectivity index (χ4n) is 2.08. The molecule has 0 spiro atoms. The predicted octanol–water partition coefficient (Wildman–Crippen LogP) is -0.520. The van der Waals surface area contributed by atoms with Crippen molar-refractivity contribution in [2.45, 2.75) is 0 Å². The molecule has 0 amide bonds. The number of H-pyrrole nitrogens is 1. The standard InChI is InChI=1S/C16H10NO2.Na.H2O/c18-10-11-6-7-14-13(8-11)16(19)9-15(17-14)12-4-2-1-3-5-12;;/h1-9H,(H,17,19);;1H2/q-1;+1;/p-1. The molecule has 0 unspecified atom stereocenters. The number of benzene rings is 2. The Balaban J connectivity index is 0.00000110. The summed E-state index contributed by atoms with van der Waals surface area (Å²) in [6.07, 6.45) is 1.79. The SMILES string of the molecule is O=[C-]c1ccc2[nH]c(-c3ccccc3)cc(=O)c2c1.[Na+].[OH-]. The summed E-state index contributed by atoms with van der Waals surface area (Å²) in [6.45, 7) is 0. The predicted molar refractivity (Wildman–Crippen MR) is 76.7 cm³/mol. The zero-order valence-electron chi connectivity index (χ0n) is 11.5. The van der Waals surface area contributed by atoms with E-state index < -0.39 is 0 Å². The van der Waals surface area contributed by atoms with E-state index in [0.717, 1.165) is 11.3 Å². The smallest absolute Gasteiger partial charge is 0.870 e. The van der Waals surface area contributed by atoms with E-state index in [0.29, 0.717) is 16.5 Å². The Morgan fingerprint density at radius 2 is 1.67 bits per heavy atom. The van der Waals surface area contributed by atoms with Crippen molar-refractivity contribution in [3.05, 3.63) is 70.4 Å². The van der Waals surface area contributed by atoms with E-state index in [9.17, 15) is 9.59 Å². The normalized spacial score (nSPS) is 9.52. The minimum Gasteiger partial charge on any atom is -0.870 e. The number of pyridine rings is 1. The first-order valence-corrected chi connectivity index (χ1v) is 5.88. The third-order valence-corrected chi connectivity index (χ3v) is 3.03. The number of carbonyl (C=O) groups excluding carboxylic acids is 1. The molecule has 4 nitrogen and oxygen atoms in total. The Labute approximate surface area is 143 Å². The van der Waals surface area contributed by atoms with Crippen molar-refractivity contribution in [1.82, 2.24) is 4.98 Å². The monoisotopic (exact) mass is 288 g/mol. The van der Waals surface area contributed by atoms with E-state index in [2.05, 4.69) is 4.98 Å². The quantitative estimate of drug-likeness (QED) is 0.509. The molecular weight excluding hydrogens is 277 g/mol. The van der Waals surface area contributed by atoms with E-state index in [-0.39, 0.29) is 40.5 Å². The minimum atomic E-state index is -0.107. The van der Waals surface area contributed by atoms with E-state index in [1.165, 1.54) is 0 Å². The molecule has 0 saturated carbocycles. The molecule has 0 aliphatic heterocycles. The topological polar surface area (TPSA) is 79.9 Å². The van der Waals surface area contributed by atoms with Gasteiger partial charge in [-0.25, -0.2) is 0 Å². The van der Waals surface area contributed by atoms with E-state index in [1.807, 2.05) is 30.3 Å². The first kappa shape index (κ1) is 17.3. The zero-order chi connectivity index (χ0) is 13.2. The Kier molecular flexibility index (Phi) is 6.05. The fraction of sp³-hybridized carbons (Fsp3) is 0. The second kappa shape index (κ2) is 7.33. The molecule has 1 heterocycles. The van der Waals surface area contributed by atoms with Crippen LogP contribution < -0.4 is 35.0 Å². The summed E-state index contributed by atoms with van der Waals surface area (Å²) in [7, 11) is 0. The van der Waals surface area contributed by atoms with Crippen LogP contribution in [0.3, 0.4) is 0 Å². The van der Waals surface area contributed by atoms with Gasteiger partial charge >= 0.3 is 29.6 Å². The van der Waals surface area contributed by atoms with Gasteiger partial charge in [0.25, 0.3) is 0 Å². The summed E-state index contributed by atoms with van der Waals surface area (Å²) < 4.78 is 0. The van der Waals surface area contributed by atoms with Crippen molar-refractivity contribution >= 4 is 17.2 Å². The molecule has 0 radical (unpaired) electrons. The van der Waals surface area contributed by atoms with Gasteiger partial charge in [0.05, 0.1) is 6.29 Å². The van der Waals surface area contributed by atoms with Crippen LogP contribution in [0.2, 0.25) is 0 Å². The van der Waals surface area contributed by atoms with Gasteiger partial charge < -0.3 is 15.3 Å². The summed E-state index contributed by atoms with van der Waals surface area (Å²) in [6, 6.07) is 16.1. The largest absolute Gasteiger partial charge is 1.00 e. The third kappa shape index (κ3) is 3.49. The van der Waals surface area contributed by atoms with Crippen LogP contribution in [0.4, 0.5) is 0 Å². The number of rotatable bonds is 2.